The third-order valence-electron chi connectivity index (χ3n) is 6.66. The molecule has 0 aromatic heterocycles. The van der Waals surface area contributed by atoms with Crippen molar-refractivity contribution in [2.24, 2.45) is 17.8 Å². The van der Waals surface area contributed by atoms with Crippen LogP contribution in [0.1, 0.15) is 46.9 Å². The fourth-order valence-corrected chi connectivity index (χ4v) is 4.79. The number of Topliss-reactive ketones (excluding diaryl/α,β-unsaturated/α-hetero) is 1. The zero-order valence-corrected chi connectivity index (χ0v) is 19.2. The van der Waals surface area contributed by atoms with Crippen molar-refractivity contribution in [3.8, 4) is 0 Å². The Hall–Kier alpha value is -4.48. The summed E-state index contributed by atoms with van der Waals surface area (Å²) in [5.41, 5.74) is -1.17. The Morgan fingerprint density at radius 1 is 0.944 bits per heavy atom. The van der Waals surface area contributed by atoms with E-state index in [1.165, 1.54) is 30.3 Å². The number of hydrogen-bond donors (Lipinski definition) is 0. The van der Waals surface area contributed by atoms with Crippen LogP contribution in [0.2, 0.25) is 0 Å². The van der Waals surface area contributed by atoms with E-state index in [-0.39, 0.29) is 22.7 Å². The monoisotopic (exact) mass is 494 g/mol. The van der Waals surface area contributed by atoms with Gasteiger partial charge in [0.2, 0.25) is 0 Å². The van der Waals surface area contributed by atoms with Crippen molar-refractivity contribution in [2.75, 3.05) is 6.54 Å². The largest absolute Gasteiger partial charge is 0.292 e. The van der Waals surface area contributed by atoms with Gasteiger partial charge >= 0.3 is 0 Å². The van der Waals surface area contributed by atoms with Crippen molar-refractivity contribution in [3.05, 3.63) is 79.9 Å². The van der Waals surface area contributed by atoms with Crippen LogP contribution in [-0.4, -0.2) is 49.9 Å². The van der Waals surface area contributed by atoms with Crippen LogP contribution in [0.4, 0.5) is 11.4 Å². The lowest BCUT2D eigenvalue weighted by Gasteiger charge is -2.30. The molecule has 1 saturated heterocycles. The quantitative estimate of drug-likeness (QED) is 0.245. The first-order valence-electron chi connectivity index (χ1n) is 11.3. The maximum absolute atomic E-state index is 13.6. The van der Waals surface area contributed by atoms with Crippen molar-refractivity contribution in [3.63, 3.8) is 0 Å². The van der Waals surface area contributed by atoms with Crippen molar-refractivity contribution in [2.45, 2.75) is 26.2 Å². The average Bonchev–Trinajstić information content (AvgIpc) is 3.10. The number of nitro benzene ring substituents is 2. The third-order valence-corrected chi connectivity index (χ3v) is 6.66. The van der Waals surface area contributed by atoms with Gasteiger partial charge in [0.1, 0.15) is 12.1 Å². The van der Waals surface area contributed by atoms with Gasteiger partial charge in [-0.3, -0.25) is 39.4 Å². The first-order valence-corrected chi connectivity index (χ1v) is 11.3. The number of carbonyl (C=O) groups excluding carboxylic acids is 4. The maximum atomic E-state index is 13.6. The Morgan fingerprint density at radius 2 is 1.58 bits per heavy atom. The smallest absolute Gasteiger partial charge is 0.282 e. The van der Waals surface area contributed by atoms with Crippen molar-refractivity contribution < 1.29 is 29.0 Å². The summed E-state index contributed by atoms with van der Waals surface area (Å²) in [4.78, 5) is 74.3. The van der Waals surface area contributed by atoms with Crippen molar-refractivity contribution in [1.29, 1.82) is 0 Å². The van der Waals surface area contributed by atoms with E-state index in [9.17, 15) is 39.4 Å². The predicted octanol–water partition coefficient (Wildman–Crippen LogP) is 3.16. The molecule has 12 nitrogen and oxygen atoms in total. The van der Waals surface area contributed by atoms with E-state index in [1.54, 1.807) is 0 Å². The molecule has 1 aliphatic carbocycles. The predicted molar refractivity (Wildman–Crippen MR) is 123 cm³/mol. The average molecular weight is 494 g/mol. The standard InChI is InChI=1S/C24H22N4O8/c1-14-6-11-17-19(12-14)24(32)26(23(17)31)25(22(30)18-4-2-3-5-20(18)28(35)36)13-21(29)15-7-9-16(10-8-15)27(33)34/h2-5,7-10,14,17,19H,6,11-13H2,1H3/t14-,17-,19+/m1/s1. The first kappa shape index (κ1) is 24.6. The highest BCUT2D eigenvalue weighted by Gasteiger charge is 2.53. The van der Waals surface area contributed by atoms with E-state index in [1.807, 2.05) is 6.92 Å². The van der Waals surface area contributed by atoms with Gasteiger partial charge in [-0.2, -0.15) is 5.01 Å². The summed E-state index contributed by atoms with van der Waals surface area (Å²) >= 11 is 0. The van der Waals surface area contributed by atoms with Crippen molar-refractivity contribution in [1.82, 2.24) is 10.0 Å². The Kier molecular flexibility index (Phi) is 6.60. The van der Waals surface area contributed by atoms with Crippen LogP contribution in [0.25, 0.3) is 0 Å². The van der Waals surface area contributed by atoms with Crippen LogP contribution in [0.15, 0.2) is 48.5 Å². The number of carbonyl (C=O) groups is 4. The molecule has 1 heterocycles. The second-order valence-electron chi connectivity index (χ2n) is 8.98. The second kappa shape index (κ2) is 9.64. The fraction of sp³-hybridized carbons (Fsp3) is 0.333. The molecule has 1 saturated carbocycles. The molecule has 36 heavy (non-hydrogen) atoms. The summed E-state index contributed by atoms with van der Waals surface area (Å²) in [6.45, 7) is 1.19. The number of nitrogens with zero attached hydrogens (tertiary/aromatic N) is 4. The summed E-state index contributed by atoms with van der Waals surface area (Å²) in [6, 6.07) is 9.68. The lowest BCUT2D eigenvalue weighted by Crippen LogP contribution is -2.52. The van der Waals surface area contributed by atoms with E-state index < -0.39 is 57.4 Å². The van der Waals surface area contributed by atoms with E-state index in [4.69, 9.17) is 0 Å². The van der Waals surface area contributed by atoms with Crippen LogP contribution in [0.3, 0.4) is 0 Å². The van der Waals surface area contributed by atoms with Crippen molar-refractivity contribution >= 4 is 34.9 Å². The maximum Gasteiger partial charge on any atom is 0.282 e. The zero-order chi connectivity index (χ0) is 26.1. The third kappa shape index (κ3) is 4.44. The normalized spacial score (nSPS) is 21.1. The van der Waals surface area contributed by atoms with E-state index >= 15 is 0 Å². The number of hydrogen-bond acceptors (Lipinski definition) is 8. The Bertz CT molecular complexity index is 1280. The zero-order valence-electron chi connectivity index (χ0n) is 19.2. The molecule has 2 aromatic carbocycles. The topological polar surface area (TPSA) is 161 Å². The molecule has 0 unspecified atom stereocenters. The number of ketones is 1. The molecule has 3 amide bonds. The molecule has 0 bridgehead atoms. The van der Waals surface area contributed by atoms with E-state index in [2.05, 4.69) is 0 Å². The molecule has 1 aliphatic heterocycles. The van der Waals surface area contributed by atoms with Gasteiger partial charge in [0.25, 0.3) is 29.1 Å². The van der Waals surface area contributed by atoms with Gasteiger partial charge in [0.05, 0.1) is 21.7 Å². The first-order chi connectivity index (χ1) is 17.1. The number of hydrazine groups is 1. The lowest BCUT2D eigenvalue weighted by molar-refractivity contribution is -0.385. The molecule has 12 heteroatoms. The SMILES string of the molecule is C[C@@H]1CC[C@H]2C(=O)N(N(CC(=O)c3ccc([N+](=O)[O-])cc3)C(=O)c3ccccc3[N+](=O)[O-])C(=O)[C@H]2C1. The Labute approximate surface area is 204 Å². The minimum absolute atomic E-state index is 0.00564. The Balaban J connectivity index is 1.73. The van der Waals surface area contributed by atoms with Gasteiger partial charge in [-0.05, 0) is 43.4 Å². The number of amides is 3. The Morgan fingerprint density at radius 3 is 2.22 bits per heavy atom. The van der Waals surface area contributed by atoms with Crippen LogP contribution >= 0.6 is 0 Å². The number of non-ortho nitro benzene ring substituents is 1. The minimum atomic E-state index is -1.05. The lowest BCUT2D eigenvalue weighted by atomic mass is 9.76. The molecule has 2 aromatic rings. The van der Waals surface area contributed by atoms with Gasteiger partial charge in [-0.25, -0.2) is 5.01 Å². The van der Waals surface area contributed by atoms with Gasteiger partial charge in [0.15, 0.2) is 5.78 Å². The summed E-state index contributed by atoms with van der Waals surface area (Å²) in [5, 5.41) is 23.8. The highest BCUT2D eigenvalue weighted by molar-refractivity contribution is 6.10. The van der Waals surface area contributed by atoms with Crippen LogP contribution in [0.5, 0.6) is 0 Å². The van der Waals surface area contributed by atoms with Gasteiger partial charge in [-0.1, -0.05) is 19.1 Å². The minimum Gasteiger partial charge on any atom is -0.292 e. The van der Waals surface area contributed by atoms with Gasteiger partial charge in [0, 0.05) is 23.8 Å². The number of para-hydroxylation sites is 1. The summed E-state index contributed by atoms with van der Waals surface area (Å²) < 4.78 is 0. The molecule has 0 N–H and O–H groups in total. The molecule has 2 aliphatic rings. The summed E-state index contributed by atoms with van der Waals surface area (Å²) in [5.74, 6) is -4.09. The number of fused-ring (bicyclic) bond motifs is 1. The highest BCUT2D eigenvalue weighted by atomic mass is 16.6. The second-order valence-corrected chi connectivity index (χ2v) is 8.98. The summed E-state index contributed by atoms with van der Waals surface area (Å²) in [7, 11) is 0. The number of benzene rings is 2. The fourth-order valence-electron chi connectivity index (χ4n) is 4.79. The summed E-state index contributed by atoms with van der Waals surface area (Å²) in [6.07, 6.45) is 1.64. The van der Waals surface area contributed by atoms with Gasteiger partial charge in [-0.15, -0.1) is 0 Å². The molecular formula is C24H22N4O8. The van der Waals surface area contributed by atoms with E-state index in [0.717, 1.165) is 24.6 Å². The number of rotatable bonds is 7. The number of imide groups is 1. The molecule has 0 spiro atoms. The van der Waals surface area contributed by atoms with Crippen LogP contribution < -0.4 is 0 Å². The number of nitro groups is 2. The molecule has 3 atom stereocenters. The van der Waals surface area contributed by atoms with Crippen LogP contribution in [0, 0.1) is 38.0 Å². The molecular weight excluding hydrogens is 472 g/mol. The highest BCUT2D eigenvalue weighted by Crippen LogP contribution is 2.41. The molecule has 2 fully saturated rings. The molecule has 186 valence electrons. The van der Waals surface area contributed by atoms with Gasteiger partial charge < -0.3 is 0 Å². The molecule has 4 rings (SSSR count). The van der Waals surface area contributed by atoms with Crippen LogP contribution in [-0.2, 0) is 9.59 Å². The van der Waals surface area contributed by atoms with E-state index in [0.29, 0.717) is 22.9 Å². The molecule has 0 radical (unpaired) electrons.